The Labute approximate surface area is 173 Å². The number of para-hydroxylation sites is 1. The first-order chi connectivity index (χ1) is 14.7. The van der Waals surface area contributed by atoms with E-state index in [9.17, 15) is 4.79 Å². The lowest BCUT2D eigenvalue weighted by atomic mass is 10.0. The second-order valence-electron chi connectivity index (χ2n) is 7.13. The third kappa shape index (κ3) is 3.35. The number of amides is 1. The van der Waals surface area contributed by atoms with E-state index >= 15 is 0 Å². The minimum atomic E-state index is -0.220. The number of aryl methyl sites for hydroxylation is 1. The number of imidazole rings is 2. The molecule has 6 nitrogen and oxygen atoms in total. The van der Waals surface area contributed by atoms with Crippen LogP contribution in [-0.4, -0.2) is 25.8 Å². The molecule has 3 aromatic carbocycles. The van der Waals surface area contributed by atoms with E-state index < -0.39 is 0 Å². The minimum Gasteiger partial charge on any atom is -0.341 e. The summed E-state index contributed by atoms with van der Waals surface area (Å²) in [6.07, 6.45) is 2.98. The number of carbonyl (C=O) groups is 1. The van der Waals surface area contributed by atoms with E-state index in [1.807, 2.05) is 42.5 Å². The van der Waals surface area contributed by atoms with Crippen LogP contribution in [0.3, 0.4) is 0 Å². The molecule has 0 fully saturated rings. The molecule has 0 spiro atoms. The van der Waals surface area contributed by atoms with Crippen LogP contribution >= 0.6 is 0 Å². The van der Waals surface area contributed by atoms with Crippen LogP contribution in [0.2, 0.25) is 0 Å². The van der Waals surface area contributed by atoms with Gasteiger partial charge in [0.05, 0.1) is 23.6 Å². The van der Waals surface area contributed by atoms with Crippen molar-refractivity contribution in [2.24, 2.45) is 0 Å². The Morgan fingerprint density at radius 3 is 2.50 bits per heavy atom. The number of fused-ring (bicyclic) bond motifs is 1. The molecular formula is C24H19N5O. The zero-order valence-electron chi connectivity index (χ0n) is 16.3. The van der Waals surface area contributed by atoms with Gasteiger partial charge in [-0.25, -0.2) is 9.97 Å². The van der Waals surface area contributed by atoms with E-state index in [-0.39, 0.29) is 5.91 Å². The van der Waals surface area contributed by atoms with Crippen molar-refractivity contribution < 1.29 is 4.79 Å². The molecule has 0 bridgehead atoms. The fraction of sp³-hybridized carbons (Fsp3) is 0.0417. The number of rotatable bonds is 4. The number of aromatic nitrogens is 4. The third-order valence-corrected chi connectivity index (χ3v) is 5.07. The number of H-pyrrole nitrogens is 2. The van der Waals surface area contributed by atoms with Crippen molar-refractivity contribution in [2.45, 2.75) is 6.92 Å². The summed E-state index contributed by atoms with van der Waals surface area (Å²) >= 11 is 0. The normalized spacial score (nSPS) is 11.0. The molecule has 2 aromatic heterocycles. The highest BCUT2D eigenvalue weighted by atomic mass is 16.1. The first-order valence-corrected chi connectivity index (χ1v) is 9.63. The van der Waals surface area contributed by atoms with Crippen molar-refractivity contribution in [3.8, 4) is 22.5 Å². The highest BCUT2D eigenvalue weighted by Crippen LogP contribution is 2.28. The van der Waals surface area contributed by atoms with E-state index in [4.69, 9.17) is 4.98 Å². The average Bonchev–Trinajstić information content (AvgIpc) is 3.45. The number of nitrogens with one attached hydrogen (secondary N) is 3. The summed E-state index contributed by atoms with van der Waals surface area (Å²) in [5.41, 5.74) is 7.50. The van der Waals surface area contributed by atoms with Gasteiger partial charge in [0, 0.05) is 11.3 Å². The van der Waals surface area contributed by atoms with Crippen molar-refractivity contribution in [3.63, 3.8) is 0 Å². The van der Waals surface area contributed by atoms with E-state index in [0.717, 1.165) is 44.8 Å². The molecule has 0 saturated heterocycles. The fourth-order valence-electron chi connectivity index (χ4n) is 3.48. The lowest BCUT2D eigenvalue weighted by molar-refractivity contribution is 0.102. The first-order valence-electron chi connectivity index (χ1n) is 9.63. The number of nitrogens with zero attached hydrogens (tertiary/aromatic N) is 2. The molecule has 0 radical (unpaired) electrons. The van der Waals surface area contributed by atoms with Crippen molar-refractivity contribution in [1.29, 1.82) is 0 Å². The number of hydrogen-bond acceptors (Lipinski definition) is 3. The lowest BCUT2D eigenvalue weighted by Crippen LogP contribution is -2.11. The van der Waals surface area contributed by atoms with Gasteiger partial charge in [-0.2, -0.15) is 0 Å². The van der Waals surface area contributed by atoms with Crippen LogP contribution in [0.15, 0.2) is 79.3 Å². The molecule has 0 saturated carbocycles. The Morgan fingerprint density at radius 1 is 0.933 bits per heavy atom. The second-order valence-corrected chi connectivity index (χ2v) is 7.13. The Bertz CT molecular complexity index is 1330. The minimum absolute atomic E-state index is 0.220. The lowest BCUT2D eigenvalue weighted by Gasteiger charge is -2.07. The Balaban J connectivity index is 1.41. The molecule has 5 aromatic rings. The topological polar surface area (TPSA) is 86.5 Å². The summed E-state index contributed by atoms with van der Waals surface area (Å²) in [4.78, 5) is 27.0. The van der Waals surface area contributed by atoms with Crippen LogP contribution in [-0.2, 0) is 0 Å². The molecule has 5 rings (SSSR count). The molecule has 1 amide bonds. The summed E-state index contributed by atoms with van der Waals surface area (Å²) in [5, 5.41) is 2.86. The van der Waals surface area contributed by atoms with Crippen molar-refractivity contribution in [3.05, 3.63) is 90.5 Å². The maximum atomic E-state index is 12.1. The molecule has 2 heterocycles. The maximum Gasteiger partial charge on any atom is 0.273 e. The molecule has 30 heavy (non-hydrogen) atoms. The van der Waals surface area contributed by atoms with Crippen LogP contribution in [0.5, 0.6) is 0 Å². The smallest absolute Gasteiger partial charge is 0.273 e. The summed E-state index contributed by atoms with van der Waals surface area (Å²) in [6, 6.07) is 22.2. The largest absolute Gasteiger partial charge is 0.341 e. The predicted molar refractivity (Wildman–Crippen MR) is 118 cm³/mol. The highest BCUT2D eigenvalue weighted by Gasteiger charge is 2.09. The predicted octanol–water partition coefficient (Wildman–Crippen LogP) is 5.18. The zero-order valence-corrected chi connectivity index (χ0v) is 16.3. The van der Waals surface area contributed by atoms with Gasteiger partial charge in [-0.1, -0.05) is 42.5 Å². The maximum absolute atomic E-state index is 12.1. The Kier molecular flexibility index (Phi) is 4.37. The van der Waals surface area contributed by atoms with Gasteiger partial charge in [0.2, 0.25) is 0 Å². The van der Waals surface area contributed by atoms with Gasteiger partial charge < -0.3 is 15.3 Å². The Morgan fingerprint density at radius 2 is 1.73 bits per heavy atom. The van der Waals surface area contributed by atoms with Gasteiger partial charge in [0.15, 0.2) is 0 Å². The van der Waals surface area contributed by atoms with Crippen molar-refractivity contribution >= 4 is 22.6 Å². The van der Waals surface area contributed by atoms with Crippen LogP contribution in [0.4, 0.5) is 5.69 Å². The van der Waals surface area contributed by atoms with Gasteiger partial charge in [-0.15, -0.1) is 0 Å². The molecule has 6 heteroatoms. The SMILES string of the molecule is Cc1cccc2[nH]c(-c3cccc(-c4ccc(NC(=O)c5cnc[nH]5)cc4)c3)nc12. The first kappa shape index (κ1) is 17.9. The molecule has 0 aliphatic rings. The summed E-state index contributed by atoms with van der Waals surface area (Å²) < 4.78 is 0. The van der Waals surface area contributed by atoms with E-state index in [0.29, 0.717) is 5.69 Å². The van der Waals surface area contributed by atoms with E-state index in [1.54, 1.807) is 0 Å². The second kappa shape index (κ2) is 7.33. The van der Waals surface area contributed by atoms with Gasteiger partial charge in [-0.05, 0) is 47.9 Å². The van der Waals surface area contributed by atoms with Crippen molar-refractivity contribution in [2.75, 3.05) is 5.32 Å². The van der Waals surface area contributed by atoms with Gasteiger partial charge in [0.1, 0.15) is 11.5 Å². The van der Waals surface area contributed by atoms with E-state index in [1.165, 1.54) is 12.5 Å². The van der Waals surface area contributed by atoms with Crippen LogP contribution in [0.25, 0.3) is 33.5 Å². The Hall–Kier alpha value is -4.19. The van der Waals surface area contributed by atoms with Gasteiger partial charge in [-0.3, -0.25) is 4.79 Å². The standard InChI is InChI=1S/C24H19N5O/c1-15-4-2-7-20-22(15)29-23(28-20)18-6-3-5-17(12-18)16-8-10-19(11-9-16)27-24(30)21-13-25-14-26-21/h2-14H,1H3,(H,25,26)(H,27,30)(H,28,29). The summed E-state index contributed by atoms with van der Waals surface area (Å²) in [7, 11) is 0. The number of hydrogen-bond donors (Lipinski definition) is 3. The molecule has 0 aliphatic carbocycles. The zero-order chi connectivity index (χ0) is 20.5. The quantitative estimate of drug-likeness (QED) is 0.393. The summed E-state index contributed by atoms with van der Waals surface area (Å²) in [6.45, 7) is 2.07. The molecule has 146 valence electrons. The highest BCUT2D eigenvalue weighted by molar-refractivity contribution is 6.02. The fourth-order valence-corrected chi connectivity index (χ4v) is 3.48. The molecule has 3 N–H and O–H groups in total. The third-order valence-electron chi connectivity index (χ3n) is 5.07. The average molecular weight is 393 g/mol. The van der Waals surface area contributed by atoms with Crippen LogP contribution in [0.1, 0.15) is 16.1 Å². The van der Waals surface area contributed by atoms with Crippen LogP contribution < -0.4 is 5.32 Å². The molecule has 0 unspecified atom stereocenters. The van der Waals surface area contributed by atoms with E-state index in [2.05, 4.69) is 51.5 Å². The van der Waals surface area contributed by atoms with Gasteiger partial charge >= 0.3 is 0 Å². The van der Waals surface area contributed by atoms with Crippen LogP contribution in [0, 0.1) is 6.92 Å². The number of anilines is 1. The van der Waals surface area contributed by atoms with Gasteiger partial charge in [0.25, 0.3) is 5.91 Å². The monoisotopic (exact) mass is 393 g/mol. The molecular weight excluding hydrogens is 374 g/mol. The molecule has 0 aliphatic heterocycles. The summed E-state index contributed by atoms with van der Waals surface area (Å²) in [5.74, 6) is 0.631. The van der Waals surface area contributed by atoms with Crippen molar-refractivity contribution in [1.82, 2.24) is 19.9 Å². The number of aromatic amines is 2. The molecule has 0 atom stereocenters. The number of benzene rings is 3. The number of carbonyl (C=O) groups excluding carboxylic acids is 1.